The molecule has 0 rings (SSSR count). The third-order valence-corrected chi connectivity index (χ3v) is 2.47. The van der Waals surface area contributed by atoms with Crippen molar-refractivity contribution >= 4 is 6.16 Å². The second-order valence-corrected chi connectivity index (χ2v) is 4.02. The molecule has 4 heteroatoms. The van der Waals surface area contributed by atoms with Crippen molar-refractivity contribution in [3.05, 3.63) is 0 Å². The predicted octanol–water partition coefficient (Wildman–Crippen LogP) is 3.80. The van der Waals surface area contributed by atoms with Gasteiger partial charge in [0.05, 0.1) is 6.61 Å². The van der Waals surface area contributed by atoms with E-state index in [1.54, 1.807) is 6.07 Å². The molecule has 0 aliphatic carbocycles. The fraction of sp³-hybridized carbons (Fsp3) is 0.846. The van der Waals surface area contributed by atoms with Crippen LogP contribution in [0.5, 0.6) is 0 Å². The first kappa shape index (κ1) is 15.8. The molecule has 0 radical (unpaired) electrons. The van der Waals surface area contributed by atoms with E-state index in [2.05, 4.69) is 11.7 Å². The van der Waals surface area contributed by atoms with E-state index in [4.69, 9.17) is 10.00 Å². The Kier molecular flexibility index (Phi) is 11.9. The van der Waals surface area contributed by atoms with Crippen molar-refractivity contribution in [1.82, 2.24) is 0 Å². The van der Waals surface area contributed by atoms with Gasteiger partial charge in [0.1, 0.15) is 6.07 Å². The number of carbonyl (C=O) groups is 1. The third kappa shape index (κ3) is 12.7. The molecule has 0 amide bonds. The lowest BCUT2D eigenvalue weighted by atomic mass is 10.1. The van der Waals surface area contributed by atoms with Gasteiger partial charge >= 0.3 is 6.16 Å². The number of unbranched alkanes of at least 4 members (excludes halogenated alkanes) is 7. The summed E-state index contributed by atoms with van der Waals surface area (Å²) in [5, 5.41) is 8.16. The average Bonchev–Trinajstić information content (AvgIpc) is 2.34. The molecule has 0 spiro atoms. The summed E-state index contributed by atoms with van der Waals surface area (Å²) in [6, 6.07) is 1.71. The van der Waals surface area contributed by atoms with Crippen molar-refractivity contribution in [2.45, 2.75) is 58.3 Å². The summed E-state index contributed by atoms with van der Waals surface area (Å²) in [6.45, 7) is 2.36. The molecule has 0 bridgehead atoms. The second kappa shape index (κ2) is 12.8. The number of hydrogen-bond acceptors (Lipinski definition) is 4. The Morgan fingerprint density at radius 3 is 2.18 bits per heavy atom. The maximum Gasteiger partial charge on any atom is 0.509 e. The van der Waals surface area contributed by atoms with E-state index in [-0.39, 0.29) is 6.61 Å². The highest BCUT2D eigenvalue weighted by molar-refractivity contribution is 5.59. The highest BCUT2D eigenvalue weighted by atomic mass is 16.7. The van der Waals surface area contributed by atoms with E-state index in [0.29, 0.717) is 6.61 Å². The highest BCUT2D eigenvalue weighted by Crippen LogP contribution is 2.08. The summed E-state index contributed by atoms with van der Waals surface area (Å²) in [5.74, 6) is 0. The van der Waals surface area contributed by atoms with Crippen LogP contribution in [-0.2, 0) is 9.47 Å². The molecule has 0 N–H and O–H groups in total. The maximum absolute atomic E-state index is 10.8. The van der Waals surface area contributed by atoms with E-state index in [9.17, 15) is 4.79 Å². The Hall–Kier alpha value is -1.24. The molecule has 0 saturated carbocycles. The molecule has 0 aromatic rings. The zero-order chi connectivity index (χ0) is 12.8. The summed E-state index contributed by atoms with van der Waals surface area (Å²) in [6.07, 6.45) is 8.90. The van der Waals surface area contributed by atoms with Gasteiger partial charge in [-0.1, -0.05) is 51.9 Å². The van der Waals surface area contributed by atoms with Crippen LogP contribution in [0, 0.1) is 11.3 Å². The number of nitriles is 1. The fourth-order valence-electron chi connectivity index (χ4n) is 1.52. The average molecular weight is 241 g/mol. The van der Waals surface area contributed by atoms with Crippen molar-refractivity contribution in [2.24, 2.45) is 0 Å². The van der Waals surface area contributed by atoms with Crippen LogP contribution in [0.25, 0.3) is 0 Å². The Balaban J connectivity index is 3.08. The summed E-state index contributed by atoms with van der Waals surface area (Å²) in [5.41, 5.74) is 0. The Labute approximate surface area is 104 Å². The molecule has 0 aromatic heterocycles. The van der Waals surface area contributed by atoms with Gasteiger partial charge in [-0.25, -0.2) is 4.79 Å². The molecule has 17 heavy (non-hydrogen) atoms. The van der Waals surface area contributed by atoms with Gasteiger partial charge in [0.25, 0.3) is 0 Å². The molecule has 4 nitrogen and oxygen atoms in total. The summed E-state index contributed by atoms with van der Waals surface area (Å²) >= 11 is 0. The van der Waals surface area contributed by atoms with Crippen molar-refractivity contribution in [3.8, 4) is 6.07 Å². The minimum Gasteiger partial charge on any atom is -0.434 e. The number of nitrogens with zero attached hydrogens (tertiary/aromatic N) is 1. The van der Waals surface area contributed by atoms with E-state index in [1.807, 2.05) is 0 Å². The summed E-state index contributed by atoms with van der Waals surface area (Å²) in [4.78, 5) is 10.8. The largest absolute Gasteiger partial charge is 0.509 e. The Morgan fingerprint density at radius 1 is 1.00 bits per heavy atom. The van der Waals surface area contributed by atoms with E-state index in [1.165, 1.54) is 38.5 Å². The Bertz CT molecular complexity index is 223. The van der Waals surface area contributed by atoms with Gasteiger partial charge in [0.2, 0.25) is 0 Å². The van der Waals surface area contributed by atoms with Crippen LogP contribution < -0.4 is 0 Å². The molecule has 0 aliphatic rings. The number of carbonyl (C=O) groups excluding carboxylic acids is 1. The molecular weight excluding hydrogens is 218 g/mol. The predicted molar refractivity (Wildman–Crippen MR) is 65.5 cm³/mol. The lowest BCUT2D eigenvalue weighted by Crippen LogP contribution is -2.08. The number of ether oxygens (including phenoxy) is 2. The zero-order valence-corrected chi connectivity index (χ0v) is 10.7. The molecule has 0 aromatic carbocycles. The zero-order valence-electron chi connectivity index (χ0n) is 10.7. The van der Waals surface area contributed by atoms with Gasteiger partial charge in [-0.2, -0.15) is 5.26 Å². The van der Waals surface area contributed by atoms with Crippen molar-refractivity contribution < 1.29 is 14.3 Å². The van der Waals surface area contributed by atoms with E-state index < -0.39 is 6.16 Å². The first-order chi connectivity index (χ1) is 8.31. The maximum atomic E-state index is 10.8. The monoisotopic (exact) mass is 241 g/mol. The fourth-order valence-corrected chi connectivity index (χ4v) is 1.52. The first-order valence-electron chi connectivity index (χ1n) is 6.47. The molecule has 0 heterocycles. The topological polar surface area (TPSA) is 59.3 Å². The van der Waals surface area contributed by atoms with Gasteiger partial charge in [-0.3, -0.25) is 0 Å². The van der Waals surface area contributed by atoms with E-state index >= 15 is 0 Å². The number of rotatable bonds is 10. The lowest BCUT2D eigenvalue weighted by Gasteiger charge is -2.03. The minimum atomic E-state index is -0.741. The van der Waals surface area contributed by atoms with Crippen molar-refractivity contribution in [1.29, 1.82) is 5.26 Å². The standard InChI is InChI=1S/C13H23NO3/c1-2-3-4-5-6-7-8-9-11-16-13(15)17-12-10-14/h2-9,11-12H2,1H3. The number of hydrogen-bond donors (Lipinski definition) is 0. The minimum absolute atomic E-state index is 0.240. The normalized spacial score (nSPS) is 9.65. The van der Waals surface area contributed by atoms with Crippen LogP contribution in [0.3, 0.4) is 0 Å². The first-order valence-corrected chi connectivity index (χ1v) is 6.47. The molecule has 0 unspecified atom stereocenters. The molecule has 0 fully saturated rings. The van der Waals surface area contributed by atoms with Gasteiger partial charge < -0.3 is 9.47 Å². The lowest BCUT2D eigenvalue weighted by molar-refractivity contribution is 0.0629. The van der Waals surface area contributed by atoms with Crippen LogP contribution >= 0.6 is 0 Å². The van der Waals surface area contributed by atoms with Crippen LogP contribution in [0.4, 0.5) is 4.79 Å². The van der Waals surface area contributed by atoms with Crippen molar-refractivity contribution in [2.75, 3.05) is 13.2 Å². The third-order valence-electron chi connectivity index (χ3n) is 2.47. The molecule has 98 valence electrons. The SMILES string of the molecule is CCCCCCCCCCOC(=O)OCC#N. The van der Waals surface area contributed by atoms with Crippen molar-refractivity contribution in [3.63, 3.8) is 0 Å². The van der Waals surface area contributed by atoms with Crippen LogP contribution in [0.1, 0.15) is 58.3 Å². The smallest absolute Gasteiger partial charge is 0.434 e. The van der Waals surface area contributed by atoms with E-state index in [0.717, 1.165) is 12.8 Å². The Morgan fingerprint density at radius 2 is 1.59 bits per heavy atom. The second-order valence-electron chi connectivity index (χ2n) is 4.02. The van der Waals surface area contributed by atoms with Crippen LogP contribution in [0.15, 0.2) is 0 Å². The van der Waals surface area contributed by atoms with Gasteiger partial charge in [0.15, 0.2) is 6.61 Å². The highest BCUT2D eigenvalue weighted by Gasteiger charge is 2.01. The molecular formula is C13H23NO3. The molecule has 0 atom stereocenters. The van der Waals surface area contributed by atoms with Gasteiger partial charge in [-0.15, -0.1) is 0 Å². The molecule has 0 aliphatic heterocycles. The summed E-state index contributed by atoms with van der Waals surface area (Å²) < 4.78 is 9.22. The van der Waals surface area contributed by atoms with Gasteiger partial charge in [-0.05, 0) is 6.42 Å². The quantitative estimate of drug-likeness (QED) is 0.431. The van der Waals surface area contributed by atoms with Crippen LogP contribution in [0.2, 0.25) is 0 Å². The summed E-state index contributed by atoms with van der Waals surface area (Å²) in [7, 11) is 0. The van der Waals surface area contributed by atoms with Crippen LogP contribution in [-0.4, -0.2) is 19.4 Å². The van der Waals surface area contributed by atoms with Gasteiger partial charge in [0, 0.05) is 0 Å². The molecule has 0 saturated heterocycles.